The molecule has 0 aromatic heterocycles. The summed E-state index contributed by atoms with van der Waals surface area (Å²) in [4.78, 5) is 17.9. The van der Waals surface area contributed by atoms with Gasteiger partial charge in [-0.05, 0) is 48.0 Å². The summed E-state index contributed by atoms with van der Waals surface area (Å²) >= 11 is 0. The summed E-state index contributed by atoms with van der Waals surface area (Å²) in [5, 5.41) is 0. The van der Waals surface area contributed by atoms with Crippen molar-refractivity contribution < 1.29 is 14.4 Å². The fraction of sp³-hybridized carbons (Fsp3) is 0.500. The molecular weight excluding hydrogens is 420 g/mol. The lowest BCUT2D eigenvalue weighted by Crippen LogP contribution is -3.16. The average molecular weight is 458 g/mol. The zero-order valence-corrected chi connectivity index (χ0v) is 20.3. The van der Waals surface area contributed by atoms with Crippen LogP contribution in [0.5, 0.6) is 0 Å². The van der Waals surface area contributed by atoms with E-state index in [2.05, 4.69) is 60.5 Å². The SMILES string of the molecule is CN(C(=O)C1C(c2ccccc2)=C1c1ccccc1)[C@H]1CC[C@@]2(CCCO2)C[C@@H]1[NH+]1CCCC1. The van der Waals surface area contributed by atoms with Gasteiger partial charge in [0.2, 0.25) is 5.91 Å². The number of carbonyl (C=O) groups is 1. The van der Waals surface area contributed by atoms with Gasteiger partial charge in [-0.1, -0.05) is 60.7 Å². The maximum Gasteiger partial charge on any atom is 0.234 e. The number of nitrogens with one attached hydrogen (secondary N) is 1. The Labute approximate surface area is 203 Å². The summed E-state index contributed by atoms with van der Waals surface area (Å²) in [6, 6.07) is 21.7. The smallest absolute Gasteiger partial charge is 0.234 e. The highest BCUT2D eigenvalue weighted by Crippen LogP contribution is 2.54. The Balaban J connectivity index is 1.26. The van der Waals surface area contributed by atoms with Gasteiger partial charge in [0.05, 0.1) is 30.7 Å². The van der Waals surface area contributed by atoms with Crippen molar-refractivity contribution in [2.75, 3.05) is 26.7 Å². The number of amides is 1. The molecule has 4 heteroatoms. The molecule has 2 aliphatic heterocycles. The lowest BCUT2D eigenvalue weighted by atomic mass is 9.76. The Morgan fingerprint density at radius 1 is 0.912 bits per heavy atom. The number of rotatable bonds is 5. The minimum atomic E-state index is -0.123. The maximum atomic E-state index is 14.1. The van der Waals surface area contributed by atoms with Gasteiger partial charge in [-0.25, -0.2) is 0 Å². The first-order chi connectivity index (χ1) is 16.7. The van der Waals surface area contributed by atoms with Crippen LogP contribution < -0.4 is 4.90 Å². The number of likely N-dealkylation sites (N-methyl/N-ethyl adjacent to an activating group) is 1. The number of nitrogens with zero attached hydrogens (tertiary/aromatic N) is 1. The molecule has 0 radical (unpaired) electrons. The largest absolute Gasteiger partial charge is 0.375 e. The van der Waals surface area contributed by atoms with E-state index in [-0.39, 0.29) is 17.4 Å². The van der Waals surface area contributed by atoms with Crippen molar-refractivity contribution in [1.29, 1.82) is 0 Å². The van der Waals surface area contributed by atoms with Crippen molar-refractivity contribution in [3.63, 3.8) is 0 Å². The second kappa shape index (κ2) is 8.98. The molecule has 2 aromatic rings. The molecule has 178 valence electrons. The van der Waals surface area contributed by atoms with Crippen LogP contribution in [0.2, 0.25) is 0 Å². The molecule has 3 atom stereocenters. The number of hydrogen-bond donors (Lipinski definition) is 1. The summed E-state index contributed by atoms with van der Waals surface area (Å²) in [6.45, 7) is 3.39. The first kappa shape index (κ1) is 22.1. The van der Waals surface area contributed by atoms with Crippen molar-refractivity contribution >= 4 is 17.1 Å². The molecule has 1 amide bonds. The van der Waals surface area contributed by atoms with Gasteiger partial charge in [0.1, 0.15) is 6.04 Å². The van der Waals surface area contributed by atoms with Gasteiger partial charge in [0.15, 0.2) is 0 Å². The van der Waals surface area contributed by atoms with Crippen LogP contribution in [-0.2, 0) is 9.53 Å². The predicted octanol–water partition coefficient (Wildman–Crippen LogP) is 3.83. The van der Waals surface area contributed by atoms with E-state index >= 15 is 0 Å². The van der Waals surface area contributed by atoms with Gasteiger partial charge in [-0.15, -0.1) is 0 Å². The van der Waals surface area contributed by atoms with Crippen molar-refractivity contribution in [1.82, 2.24) is 4.90 Å². The van der Waals surface area contributed by atoms with Crippen LogP contribution >= 0.6 is 0 Å². The minimum Gasteiger partial charge on any atom is -0.375 e. The van der Waals surface area contributed by atoms with Gasteiger partial charge in [-0.3, -0.25) is 4.79 Å². The predicted molar refractivity (Wildman–Crippen MR) is 135 cm³/mol. The average Bonchev–Trinajstić information content (AvgIpc) is 3.18. The zero-order valence-electron chi connectivity index (χ0n) is 20.3. The van der Waals surface area contributed by atoms with E-state index in [1.54, 1.807) is 4.90 Å². The van der Waals surface area contributed by atoms with Crippen molar-refractivity contribution in [3.05, 3.63) is 71.8 Å². The highest BCUT2D eigenvalue weighted by molar-refractivity contribution is 6.23. The second-order valence-electron chi connectivity index (χ2n) is 10.9. The summed E-state index contributed by atoms with van der Waals surface area (Å²) < 4.78 is 6.34. The van der Waals surface area contributed by atoms with Crippen molar-refractivity contribution in [2.24, 2.45) is 5.92 Å². The summed E-state index contributed by atoms with van der Waals surface area (Å²) in [7, 11) is 2.08. The Hall–Kier alpha value is -2.43. The first-order valence-corrected chi connectivity index (χ1v) is 13.3. The number of likely N-dealkylation sites (tertiary alicyclic amines) is 1. The molecule has 2 saturated heterocycles. The molecule has 1 N–H and O–H groups in total. The topological polar surface area (TPSA) is 34.0 Å². The number of quaternary nitrogens is 1. The summed E-state index contributed by atoms with van der Waals surface area (Å²) in [5.74, 6) is 0.150. The third-order valence-electron chi connectivity index (χ3n) is 8.95. The Bertz CT molecular complexity index is 1000. The molecule has 2 heterocycles. The van der Waals surface area contributed by atoms with E-state index in [0.29, 0.717) is 12.1 Å². The molecule has 0 unspecified atom stereocenters. The fourth-order valence-electron chi connectivity index (χ4n) is 7.16. The van der Waals surface area contributed by atoms with E-state index < -0.39 is 0 Å². The van der Waals surface area contributed by atoms with Gasteiger partial charge < -0.3 is 14.5 Å². The van der Waals surface area contributed by atoms with Crippen LogP contribution in [0.25, 0.3) is 11.1 Å². The lowest BCUT2D eigenvalue weighted by Gasteiger charge is -2.46. The summed E-state index contributed by atoms with van der Waals surface area (Å²) in [6.07, 6.45) is 8.27. The monoisotopic (exact) mass is 457 g/mol. The molecule has 0 bridgehead atoms. The highest BCUT2D eigenvalue weighted by Gasteiger charge is 2.52. The highest BCUT2D eigenvalue weighted by atomic mass is 16.5. The molecule has 1 saturated carbocycles. The maximum absolute atomic E-state index is 14.1. The van der Waals surface area contributed by atoms with E-state index in [0.717, 1.165) is 25.9 Å². The molecule has 2 aromatic carbocycles. The van der Waals surface area contributed by atoms with E-state index in [9.17, 15) is 4.79 Å². The van der Waals surface area contributed by atoms with Gasteiger partial charge in [0, 0.05) is 32.9 Å². The van der Waals surface area contributed by atoms with Crippen LogP contribution in [0, 0.1) is 5.92 Å². The van der Waals surface area contributed by atoms with E-state index in [1.165, 1.54) is 61.0 Å². The zero-order chi connectivity index (χ0) is 23.1. The molecule has 34 heavy (non-hydrogen) atoms. The van der Waals surface area contributed by atoms with E-state index in [1.807, 2.05) is 12.1 Å². The number of hydrogen-bond acceptors (Lipinski definition) is 2. The molecule has 4 aliphatic rings. The molecule has 3 fully saturated rings. The van der Waals surface area contributed by atoms with E-state index in [4.69, 9.17) is 4.74 Å². The van der Waals surface area contributed by atoms with Crippen LogP contribution in [0.15, 0.2) is 60.7 Å². The normalized spacial score (nSPS) is 29.7. The first-order valence-electron chi connectivity index (χ1n) is 13.3. The quantitative estimate of drug-likeness (QED) is 0.740. The molecule has 4 nitrogen and oxygen atoms in total. The van der Waals surface area contributed by atoms with Crippen LogP contribution in [0.4, 0.5) is 0 Å². The van der Waals surface area contributed by atoms with Crippen LogP contribution in [0.3, 0.4) is 0 Å². The standard InChI is InChI=1S/C30H36N2O2/c1-31(24-15-17-30(16-10-20-34-30)21-25(24)32-18-8-9-19-32)29(33)28-26(22-11-4-2-5-12-22)27(28)23-13-6-3-7-14-23/h2-7,11-14,24-25,28H,8-10,15-21H2,1H3/p+1/t24-,25-,30-/m0/s1. The number of benzene rings is 2. The second-order valence-corrected chi connectivity index (χ2v) is 10.9. The summed E-state index contributed by atoms with van der Waals surface area (Å²) in [5.41, 5.74) is 4.84. The van der Waals surface area contributed by atoms with Gasteiger partial charge in [-0.2, -0.15) is 0 Å². The van der Waals surface area contributed by atoms with Crippen molar-refractivity contribution in [2.45, 2.75) is 62.6 Å². The fourth-order valence-corrected chi connectivity index (χ4v) is 7.16. The van der Waals surface area contributed by atoms with Crippen LogP contribution in [-0.4, -0.2) is 55.2 Å². The third-order valence-corrected chi connectivity index (χ3v) is 8.95. The number of carbonyl (C=O) groups excluding carboxylic acids is 1. The molecule has 2 aliphatic carbocycles. The van der Waals surface area contributed by atoms with Gasteiger partial charge >= 0.3 is 0 Å². The lowest BCUT2D eigenvalue weighted by molar-refractivity contribution is -0.917. The molecule has 1 spiro atoms. The third kappa shape index (κ3) is 3.91. The van der Waals surface area contributed by atoms with Crippen molar-refractivity contribution in [3.8, 4) is 0 Å². The van der Waals surface area contributed by atoms with Gasteiger partial charge in [0.25, 0.3) is 0 Å². The molecule has 6 rings (SSSR count). The minimum absolute atomic E-state index is 0.0723. The Morgan fingerprint density at radius 3 is 2.09 bits per heavy atom. The number of ether oxygens (including phenoxy) is 1. The Morgan fingerprint density at radius 2 is 1.53 bits per heavy atom. The van der Waals surface area contributed by atoms with Crippen LogP contribution in [0.1, 0.15) is 56.1 Å². The molecular formula is C30H37N2O2+. The Kier molecular flexibility index (Phi) is 5.82.